The molecule has 0 aromatic heterocycles. The zero-order valence-corrected chi connectivity index (χ0v) is 8.99. The summed E-state index contributed by atoms with van der Waals surface area (Å²) < 4.78 is 5.37. The number of hydrogen-bond donors (Lipinski definition) is 2. The summed E-state index contributed by atoms with van der Waals surface area (Å²) in [6.45, 7) is 3.56. The third-order valence-corrected chi connectivity index (χ3v) is 3.30. The third kappa shape index (κ3) is 1.62. The van der Waals surface area contributed by atoms with Crippen LogP contribution in [0.3, 0.4) is 0 Å². The fourth-order valence-electron chi connectivity index (χ4n) is 2.18. The smallest absolute Gasteiger partial charge is 0.195 e. The van der Waals surface area contributed by atoms with E-state index < -0.39 is 11.7 Å². The fourth-order valence-corrected chi connectivity index (χ4v) is 2.18. The molecular weight excluding hydrogens is 196 g/mol. The Kier molecular flexibility index (Phi) is 2.45. The van der Waals surface area contributed by atoms with E-state index in [1.54, 1.807) is 0 Å². The Morgan fingerprint density at radius 3 is 2.80 bits per heavy atom. The number of Topliss-reactive ketones (excluding diaryl/α,β-unsaturated/α-hetero) is 1. The number of carbonyl (C=O) groups excluding carboxylic acids is 1. The van der Waals surface area contributed by atoms with Gasteiger partial charge in [0.25, 0.3) is 0 Å². The van der Waals surface area contributed by atoms with Gasteiger partial charge in [0, 0.05) is 5.57 Å². The lowest BCUT2D eigenvalue weighted by molar-refractivity contribution is -0.147. The molecule has 0 bridgehead atoms. The first-order valence-electron chi connectivity index (χ1n) is 5.20. The van der Waals surface area contributed by atoms with Crippen LogP contribution in [-0.4, -0.2) is 40.4 Å². The average molecular weight is 212 g/mol. The molecule has 0 radical (unpaired) electrons. The number of hydrogen-bond acceptors (Lipinski definition) is 4. The van der Waals surface area contributed by atoms with Crippen molar-refractivity contribution in [3.05, 3.63) is 11.1 Å². The highest BCUT2D eigenvalue weighted by molar-refractivity contribution is 6.04. The van der Waals surface area contributed by atoms with Crippen molar-refractivity contribution in [2.24, 2.45) is 0 Å². The van der Waals surface area contributed by atoms with Gasteiger partial charge in [0.2, 0.25) is 0 Å². The van der Waals surface area contributed by atoms with Gasteiger partial charge < -0.3 is 14.9 Å². The van der Waals surface area contributed by atoms with Gasteiger partial charge in [-0.2, -0.15) is 0 Å². The molecule has 0 amide bonds. The predicted octanol–water partition coefficient (Wildman–Crippen LogP) is 0.176. The molecule has 2 aliphatic rings. The van der Waals surface area contributed by atoms with Crippen molar-refractivity contribution in [3.63, 3.8) is 0 Å². The van der Waals surface area contributed by atoms with Crippen molar-refractivity contribution in [2.45, 2.75) is 44.5 Å². The Hall–Kier alpha value is -0.710. The average Bonchev–Trinajstić information content (AvgIpc) is 2.15. The van der Waals surface area contributed by atoms with E-state index in [1.165, 1.54) is 6.92 Å². The number of aliphatic hydroxyl groups excluding tert-OH is 1. The molecule has 0 spiro atoms. The molecule has 4 heteroatoms. The van der Waals surface area contributed by atoms with Crippen LogP contribution in [0.2, 0.25) is 0 Å². The van der Waals surface area contributed by atoms with Crippen LogP contribution in [0.1, 0.15) is 26.7 Å². The predicted molar refractivity (Wildman–Crippen MR) is 53.3 cm³/mol. The maximum Gasteiger partial charge on any atom is 0.195 e. The Labute approximate surface area is 88.6 Å². The summed E-state index contributed by atoms with van der Waals surface area (Å²) in [4.78, 5) is 11.9. The molecule has 0 aromatic rings. The van der Waals surface area contributed by atoms with Crippen molar-refractivity contribution >= 4 is 5.78 Å². The van der Waals surface area contributed by atoms with Crippen molar-refractivity contribution in [2.75, 3.05) is 6.61 Å². The number of aliphatic hydroxyl groups is 2. The van der Waals surface area contributed by atoms with Crippen LogP contribution in [0.25, 0.3) is 0 Å². The molecule has 0 fully saturated rings. The largest absolute Gasteiger partial charge is 0.389 e. The Bertz CT molecular complexity index is 329. The molecule has 0 unspecified atom stereocenters. The van der Waals surface area contributed by atoms with Crippen molar-refractivity contribution < 1.29 is 19.7 Å². The zero-order valence-electron chi connectivity index (χ0n) is 8.99. The molecule has 0 aromatic carbocycles. The molecule has 84 valence electrons. The third-order valence-electron chi connectivity index (χ3n) is 3.30. The zero-order chi connectivity index (χ0) is 11.2. The number of ether oxygens (including phenoxy) is 1. The lowest BCUT2D eigenvalue weighted by Gasteiger charge is -2.38. The van der Waals surface area contributed by atoms with Crippen LogP contribution in [0.15, 0.2) is 11.1 Å². The van der Waals surface area contributed by atoms with E-state index in [1.807, 2.05) is 6.92 Å². The molecule has 0 saturated carbocycles. The van der Waals surface area contributed by atoms with E-state index in [9.17, 15) is 15.0 Å². The SMILES string of the molecule is C[C@@H]1CC2=C(CO1)C(=O)[C@](C)(O)[C@@H](O)C2. The van der Waals surface area contributed by atoms with Gasteiger partial charge in [-0.1, -0.05) is 5.57 Å². The van der Waals surface area contributed by atoms with Crippen LogP contribution in [0.5, 0.6) is 0 Å². The van der Waals surface area contributed by atoms with E-state index in [-0.39, 0.29) is 18.5 Å². The maximum atomic E-state index is 11.9. The molecule has 2 rings (SSSR count). The quantitative estimate of drug-likeness (QED) is 0.601. The van der Waals surface area contributed by atoms with Gasteiger partial charge in [-0.3, -0.25) is 4.79 Å². The van der Waals surface area contributed by atoms with Gasteiger partial charge in [-0.15, -0.1) is 0 Å². The monoisotopic (exact) mass is 212 g/mol. The molecule has 15 heavy (non-hydrogen) atoms. The standard InChI is InChI=1S/C11H16O4/c1-6-3-7-4-9(12)11(2,14)10(13)8(7)5-15-6/h6,9,12,14H,3-5H2,1-2H3/t6-,9+,11-/m1/s1. The summed E-state index contributed by atoms with van der Waals surface area (Å²) in [6.07, 6.45) is 0.150. The summed E-state index contributed by atoms with van der Waals surface area (Å²) in [6, 6.07) is 0. The lowest BCUT2D eigenvalue weighted by Crippen LogP contribution is -2.52. The minimum atomic E-state index is -1.65. The van der Waals surface area contributed by atoms with Gasteiger partial charge >= 0.3 is 0 Å². The van der Waals surface area contributed by atoms with E-state index in [0.29, 0.717) is 18.4 Å². The molecule has 1 aliphatic carbocycles. The van der Waals surface area contributed by atoms with E-state index in [2.05, 4.69) is 0 Å². The first-order valence-corrected chi connectivity index (χ1v) is 5.20. The molecule has 3 atom stereocenters. The Morgan fingerprint density at radius 1 is 1.47 bits per heavy atom. The molecule has 1 heterocycles. The summed E-state index contributed by atoms with van der Waals surface area (Å²) in [5.41, 5.74) is -0.149. The summed E-state index contributed by atoms with van der Waals surface area (Å²) in [5.74, 6) is -0.386. The highest BCUT2D eigenvalue weighted by Crippen LogP contribution is 2.35. The first-order chi connectivity index (χ1) is 6.93. The van der Waals surface area contributed by atoms with Crippen LogP contribution in [-0.2, 0) is 9.53 Å². The van der Waals surface area contributed by atoms with E-state index in [0.717, 1.165) is 5.57 Å². The fraction of sp³-hybridized carbons (Fsp3) is 0.727. The van der Waals surface area contributed by atoms with Crippen molar-refractivity contribution in [1.29, 1.82) is 0 Å². The van der Waals surface area contributed by atoms with Crippen molar-refractivity contribution in [1.82, 2.24) is 0 Å². The summed E-state index contributed by atoms with van der Waals surface area (Å²) >= 11 is 0. The van der Waals surface area contributed by atoms with Crippen molar-refractivity contribution in [3.8, 4) is 0 Å². The van der Waals surface area contributed by atoms with Gasteiger partial charge in [0.1, 0.15) is 0 Å². The van der Waals surface area contributed by atoms with Gasteiger partial charge in [0.05, 0.1) is 18.8 Å². The molecular formula is C11H16O4. The maximum absolute atomic E-state index is 11.9. The summed E-state index contributed by atoms with van der Waals surface area (Å²) in [7, 11) is 0. The Balaban J connectivity index is 2.35. The topological polar surface area (TPSA) is 66.8 Å². The second kappa shape index (κ2) is 3.40. The highest BCUT2D eigenvalue weighted by atomic mass is 16.5. The molecule has 4 nitrogen and oxygen atoms in total. The second-order valence-electron chi connectivity index (χ2n) is 4.60. The first kappa shape index (κ1) is 10.8. The normalized spacial score (nSPS) is 41.7. The molecule has 2 N–H and O–H groups in total. The number of ketones is 1. The second-order valence-corrected chi connectivity index (χ2v) is 4.60. The van der Waals surface area contributed by atoms with E-state index >= 15 is 0 Å². The minimum Gasteiger partial charge on any atom is -0.389 e. The summed E-state index contributed by atoms with van der Waals surface area (Å²) in [5, 5.41) is 19.5. The van der Waals surface area contributed by atoms with Crippen LogP contribution < -0.4 is 0 Å². The minimum absolute atomic E-state index is 0.0896. The number of rotatable bonds is 0. The molecule has 1 aliphatic heterocycles. The van der Waals surface area contributed by atoms with Crippen LogP contribution in [0.4, 0.5) is 0 Å². The highest BCUT2D eigenvalue weighted by Gasteiger charge is 2.46. The number of carbonyl (C=O) groups is 1. The van der Waals surface area contributed by atoms with Gasteiger partial charge in [-0.05, 0) is 26.7 Å². The van der Waals surface area contributed by atoms with Gasteiger partial charge in [0.15, 0.2) is 11.4 Å². The van der Waals surface area contributed by atoms with Crippen LogP contribution in [0, 0.1) is 0 Å². The molecule has 0 saturated heterocycles. The lowest BCUT2D eigenvalue weighted by atomic mass is 9.76. The van der Waals surface area contributed by atoms with Crippen LogP contribution >= 0.6 is 0 Å². The Morgan fingerprint density at radius 2 is 2.13 bits per heavy atom. The van der Waals surface area contributed by atoms with Gasteiger partial charge in [-0.25, -0.2) is 0 Å². The van der Waals surface area contributed by atoms with E-state index in [4.69, 9.17) is 4.74 Å².